The van der Waals surface area contributed by atoms with Crippen molar-refractivity contribution in [1.29, 1.82) is 0 Å². The number of nitrogens with one attached hydrogen (secondary N) is 1. The molecule has 0 radical (unpaired) electrons. The summed E-state index contributed by atoms with van der Waals surface area (Å²) in [5.41, 5.74) is 1.35. The third-order valence-corrected chi connectivity index (χ3v) is 4.11. The molecule has 1 aliphatic rings. The first-order valence-corrected chi connectivity index (χ1v) is 7.17. The van der Waals surface area contributed by atoms with Gasteiger partial charge in [0.15, 0.2) is 0 Å². The Labute approximate surface area is 110 Å². The van der Waals surface area contributed by atoms with E-state index in [0.717, 1.165) is 11.6 Å². The summed E-state index contributed by atoms with van der Waals surface area (Å²) in [6, 6.07) is 9.01. The first-order chi connectivity index (χ1) is 8.31. The molecule has 0 aliphatic heterocycles. The van der Waals surface area contributed by atoms with Gasteiger partial charge in [-0.2, -0.15) is 0 Å². The normalized spacial score (nSPS) is 25.5. The minimum Gasteiger partial charge on any atom is -0.314 e. The molecular formula is C15H22ClN. The molecule has 2 unspecified atom stereocenters. The molecule has 2 heteroatoms. The molecule has 17 heavy (non-hydrogen) atoms. The van der Waals surface area contributed by atoms with Crippen molar-refractivity contribution in [2.24, 2.45) is 0 Å². The highest BCUT2D eigenvalue weighted by Crippen LogP contribution is 2.35. The van der Waals surface area contributed by atoms with Gasteiger partial charge in [0.05, 0.1) is 0 Å². The lowest BCUT2D eigenvalue weighted by atomic mass is 9.90. The maximum atomic E-state index is 6.32. The van der Waals surface area contributed by atoms with Crippen LogP contribution in [0.2, 0.25) is 5.02 Å². The van der Waals surface area contributed by atoms with Gasteiger partial charge in [0.1, 0.15) is 0 Å². The van der Waals surface area contributed by atoms with Gasteiger partial charge in [-0.25, -0.2) is 0 Å². The summed E-state index contributed by atoms with van der Waals surface area (Å²) < 4.78 is 0. The Bertz CT molecular complexity index is 351. The lowest BCUT2D eigenvalue weighted by Gasteiger charge is -2.21. The Hall–Kier alpha value is -0.530. The molecule has 1 saturated carbocycles. The average Bonchev–Trinajstić information content (AvgIpc) is 2.56. The molecule has 2 rings (SSSR count). The summed E-state index contributed by atoms with van der Waals surface area (Å²) in [6.45, 7) is 3.26. The van der Waals surface area contributed by atoms with E-state index in [0.29, 0.717) is 12.0 Å². The van der Waals surface area contributed by atoms with Crippen molar-refractivity contribution in [3.63, 3.8) is 0 Å². The Balaban J connectivity index is 2.11. The molecule has 0 amide bonds. The third-order valence-electron chi connectivity index (χ3n) is 3.76. The third kappa shape index (κ3) is 3.46. The van der Waals surface area contributed by atoms with Crippen LogP contribution in [-0.4, -0.2) is 12.6 Å². The summed E-state index contributed by atoms with van der Waals surface area (Å²) in [5, 5.41) is 4.54. The number of benzene rings is 1. The van der Waals surface area contributed by atoms with Gasteiger partial charge in [-0.05, 0) is 43.4 Å². The molecule has 1 nitrogen and oxygen atoms in total. The second-order valence-electron chi connectivity index (χ2n) is 4.99. The van der Waals surface area contributed by atoms with Crippen molar-refractivity contribution in [1.82, 2.24) is 5.32 Å². The van der Waals surface area contributed by atoms with Gasteiger partial charge in [-0.3, -0.25) is 0 Å². The molecule has 94 valence electrons. The predicted molar refractivity (Wildman–Crippen MR) is 74.7 cm³/mol. The SMILES string of the molecule is CCNC1CCCCC(c2ccccc2Cl)C1. The van der Waals surface area contributed by atoms with E-state index in [-0.39, 0.29) is 0 Å². The quantitative estimate of drug-likeness (QED) is 0.787. The Morgan fingerprint density at radius 2 is 2.00 bits per heavy atom. The molecule has 1 N–H and O–H groups in total. The second kappa shape index (κ2) is 6.42. The molecule has 0 saturated heterocycles. The largest absolute Gasteiger partial charge is 0.314 e. The molecular weight excluding hydrogens is 230 g/mol. The number of hydrogen-bond acceptors (Lipinski definition) is 1. The van der Waals surface area contributed by atoms with Gasteiger partial charge in [0.2, 0.25) is 0 Å². The van der Waals surface area contributed by atoms with Crippen LogP contribution in [0, 0.1) is 0 Å². The molecule has 2 atom stereocenters. The van der Waals surface area contributed by atoms with Crippen molar-refractivity contribution in [2.75, 3.05) is 6.54 Å². The standard InChI is InChI=1S/C15H22ClN/c1-2-17-13-8-4-3-7-12(11-13)14-9-5-6-10-15(14)16/h5-6,9-10,12-13,17H,2-4,7-8,11H2,1H3. The van der Waals surface area contributed by atoms with Crippen molar-refractivity contribution < 1.29 is 0 Å². The van der Waals surface area contributed by atoms with Crippen LogP contribution < -0.4 is 5.32 Å². The number of hydrogen-bond donors (Lipinski definition) is 1. The maximum Gasteiger partial charge on any atom is 0.0440 e. The van der Waals surface area contributed by atoms with Crippen LogP contribution in [0.3, 0.4) is 0 Å². The highest BCUT2D eigenvalue weighted by atomic mass is 35.5. The Kier molecular flexibility index (Phi) is 4.87. The van der Waals surface area contributed by atoms with Crippen LogP contribution in [0.1, 0.15) is 50.5 Å². The lowest BCUT2D eigenvalue weighted by molar-refractivity contribution is 0.449. The van der Waals surface area contributed by atoms with E-state index in [1.165, 1.54) is 37.7 Å². The molecule has 1 aromatic carbocycles. The monoisotopic (exact) mass is 251 g/mol. The fourth-order valence-electron chi connectivity index (χ4n) is 2.92. The van der Waals surface area contributed by atoms with Crippen LogP contribution in [0.4, 0.5) is 0 Å². The van der Waals surface area contributed by atoms with E-state index in [1.807, 2.05) is 12.1 Å². The summed E-state index contributed by atoms with van der Waals surface area (Å²) in [7, 11) is 0. The molecule has 1 aliphatic carbocycles. The van der Waals surface area contributed by atoms with Crippen molar-refractivity contribution in [3.8, 4) is 0 Å². The minimum absolute atomic E-state index is 0.634. The van der Waals surface area contributed by atoms with Crippen LogP contribution in [0.5, 0.6) is 0 Å². The summed E-state index contributed by atoms with van der Waals surface area (Å²) >= 11 is 6.32. The lowest BCUT2D eigenvalue weighted by Crippen LogP contribution is -2.29. The van der Waals surface area contributed by atoms with E-state index in [1.54, 1.807) is 0 Å². The second-order valence-corrected chi connectivity index (χ2v) is 5.40. The van der Waals surface area contributed by atoms with E-state index < -0.39 is 0 Å². The van der Waals surface area contributed by atoms with Crippen LogP contribution >= 0.6 is 11.6 Å². The van der Waals surface area contributed by atoms with Gasteiger partial charge >= 0.3 is 0 Å². The van der Waals surface area contributed by atoms with E-state index >= 15 is 0 Å². The van der Waals surface area contributed by atoms with Crippen molar-refractivity contribution >= 4 is 11.6 Å². The summed E-state index contributed by atoms with van der Waals surface area (Å²) in [5.74, 6) is 0.634. The Morgan fingerprint density at radius 1 is 1.24 bits per heavy atom. The topological polar surface area (TPSA) is 12.0 Å². The van der Waals surface area contributed by atoms with Gasteiger partial charge in [-0.1, -0.05) is 49.6 Å². The molecule has 1 fully saturated rings. The molecule has 0 spiro atoms. The van der Waals surface area contributed by atoms with Gasteiger partial charge in [0, 0.05) is 11.1 Å². The first-order valence-electron chi connectivity index (χ1n) is 6.79. The maximum absolute atomic E-state index is 6.32. The zero-order valence-corrected chi connectivity index (χ0v) is 11.3. The highest BCUT2D eigenvalue weighted by Gasteiger charge is 2.22. The Morgan fingerprint density at radius 3 is 2.76 bits per heavy atom. The fraction of sp³-hybridized carbons (Fsp3) is 0.600. The molecule has 0 bridgehead atoms. The van der Waals surface area contributed by atoms with E-state index in [9.17, 15) is 0 Å². The summed E-state index contributed by atoms with van der Waals surface area (Å²) in [6.07, 6.45) is 6.51. The van der Waals surface area contributed by atoms with Crippen LogP contribution in [0.25, 0.3) is 0 Å². The van der Waals surface area contributed by atoms with Crippen LogP contribution in [-0.2, 0) is 0 Å². The molecule has 0 aromatic heterocycles. The van der Waals surface area contributed by atoms with Gasteiger partial charge in [0.25, 0.3) is 0 Å². The minimum atomic E-state index is 0.634. The summed E-state index contributed by atoms with van der Waals surface area (Å²) in [4.78, 5) is 0. The average molecular weight is 252 g/mol. The zero-order valence-electron chi connectivity index (χ0n) is 10.6. The molecule has 1 aromatic rings. The molecule has 0 heterocycles. The van der Waals surface area contributed by atoms with E-state index in [4.69, 9.17) is 11.6 Å². The zero-order chi connectivity index (χ0) is 12.1. The van der Waals surface area contributed by atoms with Gasteiger partial charge < -0.3 is 5.32 Å². The van der Waals surface area contributed by atoms with E-state index in [2.05, 4.69) is 24.4 Å². The smallest absolute Gasteiger partial charge is 0.0440 e. The first kappa shape index (κ1) is 12.9. The van der Waals surface area contributed by atoms with Gasteiger partial charge in [-0.15, -0.1) is 0 Å². The number of halogens is 1. The predicted octanol–water partition coefficient (Wildman–Crippen LogP) is 4.37. The van der Waals surface area contributed by atoms with Crippen LogP contribution in [0.15, 0.2) is 24.3 Å². The van der Waals surface area contributed by atoms with Crippen molar-refractivity contribution in [2.45, 2.75) is 51.0 Å². The highest BCUT2D eigenvalue weighted by molar-refractivity contribution is 6.31. The van der Waals surface area contributed by atoms with Crippen molar-refractivity contribution in [3.05, 3.63) is 34.9 Å². The fourth-order valence-corrected chi connectivity index (χ4v) is 3.21. The number of rotatable bonds is 3.